The van der Waals surface area contributed by atoms with Crippen molar-refractivity contribution in [2.75, 3.05) is 0 Å². The molecule has 0 aliphatic rings. The average Bonchev–Trinajstić information content (AvgIpc) is 2.69. The summed E-state index contributed by atoms with van der Waals surface area (Å²) in [4.78, 5) is 3.03. The quantitative estimate of drug-likeness (QED) is 0.899. The average molecular weight is 286 g/mol. The van der Waals surface area contributed by atoms with Gasteiger partial charge in [-0.25, -0.2) is 0 Å². The predicted octanol–water partition coefficient (Wildman–Crippen LogP) is 3.74. The largest absolute Gasteiger partial charge is 0.573 e. The SMILES string of the molecule is CCC(C)(N)Cc1c[nH]c2ccc(OC(F)(F)F)cc12. The maximum absolute atomic E-state index is 12.2. The van der Waals surface area contributed by atoms with Gasteiger partial charge in [0.2, 0.25) is 0 Å². The lowest BCUT2D eigenvalue weighted by Crippen LogP contribution is -2.37. The third-order valence-electron chi connectivity index (χ3n) is 3.37. The number of aromatic nitrogens is 1. The van der Waals surface area contributed by atoms with Gasteiger partial charge in [-0.05, 0) is 43.5 Å². The summed E-state index contributed by atoms with van der Waals surface area (Å²) >= 11 is 0. The number of H-pyrrole nitrogens is 1. The first-order chi connectivity index (χ1) is 9.20. The van der Waals surface area contributed by atoms with Crippen molar-refractivity contribution in [2.24, 2.45) is 5.73 Å². The van der Waals surface area contributed by atoms with E-state index < -0.39 is 11.9 Å². The van der Waals surface area contributed by atoms with Crippen LogP contribution in [0.3, 0.4) is 0 Å². The standard InChI is InChI=1S/C14H17F3N2O/c1-3-13(2,18)7-9-8-19-12-5-4-10(6-11(9)12)20-14(15,16)17/h4-6,8,19H,3,7,18H2,1-2H3. The molecule has 0 aliphatic heterocycles. The van der Waals surface area contributed by atoms with Gasteiger partial charge in [0.05, 0.1) is 0 Å². The molecule has 0 bridgehead atoms. The highest BCUT2D eigenvalue weighted by Crippen LogP contribution is 2.29. The molecule has 3 nitrogen and oxygen atoms in total. The van der Waals surface area contributed by atoms with Crippen molar-refractivity contribution in [3.63, 3.8) is 0 Å². The summed E-state index contributed by atoms with van der Waals surface area (Å²) in [6, 6.07) is 4.25. The zero-order valence-electron chi connectivity index (χ0n) is 11.3. The lowest BCUT2D eigenvalue weighted by Gasteiger charge is -2.22. The van der Waals surface area contributed by atoms with E-state index in [9.17, 15) is 13.2 Å². The minimum atomic E-state index is -4.68. The molecule has 1 aromatic carbocycles. The Hall–Kier alpha value is -1.69. The zero-order chi connectivity index (χ0) is 15.0. The van der Waals surface area contributed by atoms with E-state index in [1.165, 1.54) is 12.1 Å². The lowest BCUT2D eigenvalue weighted by molar-refractivity contribution is -0.274. The molecule has 1 atom stereocenters. The van der Waals surface area contributed by atoms with Gasteiger partial charge in [0.1, 0.15) is 5.75 Å². The smallest absolute Gasteiger partial charge is 0.406 e. The molecular formula is C14H17F3N2O. The summed E-state index contributed by atoms with van der Waals surface area (Å²) < 4.78 is 40.7. The Bertz CT molecular complexity index is 602. The molecule has 0 spiro atoms. The van der Waals surface area contributed by atoms with Gasteiger partial charge < -0.3 is 15.5 Å². The fourth-order valence-electron chi connectivity index (χ4n) is 2.06. The van der Waals surface area contributed by atoms with E-state index >= 15 is 0 Å². The van der Waals surface area contributed by atoms with Crippen molar-refractivity contribution in [1.82, 2.24) is 4.98 Å². The molecule has 0 radical (unpaired) electrons. The third-order valence-corrected chi connectivity index (χ3v) is 3.37. The monoisotopic (exact) mass is 286 g/mol. The van der Waals surface area contributed by atoms with E-state index in [2.05, 4.69) is 9.72 Å². The molecule has 0 amide bonds. The number of nitrogens with two attached hydrogens (primary N) is 1. The molecule has 20 heavy (non-hydrogen) atoms. The molecule has 1 unspecified atom stereocenters. The van der Waals surface area contributed by atoms with Gasteiger partial charge in [0.15, 0.2) is 0 Å². The van der Waals surface area contributed by atoms with Crippen LogP contribution in [-0.2, 0) is 6.42 Å². The Labute approximate surface area is 114 Å². The summed E-state index contributed by atoms with van der Waals surface area (Å²) in [5.41, 5.74) is 7.37. The molecule has 0 aliphatic carbocycles. The predicted molar refractivity (Wildman–Crippen MR) is 71.6 cm³/mol. The van der Waals surface area contributed by atoms with Crippen LogP contribution in [0.15, 0.2) is 24.4 Å². The van der Waals surface area contributed by atoms with E-state index in [1.807, 2.05) is 13.8 Å². The normalized spacial score (nSPS) is 15.3. The van der Waals surface area contributed by atoms with Crippen LogP contribution in [0, 0.1) is 0 Å². The fraction of sp³-hybridized carbons (Fsp3) is 0.429. The van der Waals surface area contributed by atoms with Crippen molar-refractivity contribution < 1.29 is 17.9 Å². The maximum Gasteiger partial charge on any atom is 0.573 e. The Morgan fingerprint density at radius 2 is 2.00 bits per heavy atom. The van der Waals surface area contributed by atoms with Crippen molar-refractivity contribution in [2.45, 2.75) is 38.6 Å². The highest BCUT2D eigenvalue weighted by molar-refractivity contribution is 5.84. The molecular weight excluding hydrogens is 269 g/mol. The molecule has 0 saturated carbocycles. The third kappa shape index (κ3) is 3.45. The van der Waals surface area contributed by atoms with Crippen LogP contribution < -0.4 is 10.5 Å². The van der Waals surface area contributed by atoms with Crippen molar-refractivity contribution in [3.05, 3.63) is 30.0 Å². The summed E-state index contributed by atoms with van der Waals surface area (Å²) in [6.45, 7) is 3.90. The Kier molecular flexibility index (Phi) is 3.69. The van der Waals surface area contributed by atoms with E-state index in [1.54, 1.807) is 12.3 Å². The van der Waals surface area contributed by atoms with Crippen LogP contribution in [0.5, 0.6) is 5.75 Å². The number of benzene rings is 1. The van der Waals surface area contributed by atoms with E-state index in [0.29, 0.717) is 11.8 Å². The molecule has 3 N–H and O–H groups in total. The van der Waals surface area contributed by atoms with Gasteiger partial charge in [-0.15, -0.1) is 13.2 Å². The lowest BCUT2D eigenvalue weighted by atomic mass is 9.91. The molecule has 2 aromatic rings. The van der Waals surface area contributed by atoms with Crippen LogP contribution in [0.2, 0.25) is 0 Å². The van der Waals surface area contributed by atoms with E-state index in [4.69, 9.17) is 5.73 Å². The van der Waals surface area contributed by atoms with Gasteiger partial charge in [0.25, 0.3) is 0 Å². The number of fused-ring (bicyclic) bond motifs is 1. The molecule has 2 rings (SSSR count). The van der Waals surface area contributed by atoms with E-state index in [-0.39, 0.29) is 5.75 Å². The van der Waals surface area contributed by atoms with Gasteiger partial charge in [-0.1, -0.05) is 6.92 Å². The van der Waals surface area contributed by atoms with Gasteiger partial charge >= 0.3 is 6.36 Å². The minimum Gasteiger partial charge on any atom is -0.406 e. The van der Waals surface area contributed by atoms with Crippen LogP contribution in [0.1, 0.15) is 25.8 Å². The van der Waals surface area contributed by atoms with Crippen LogP contribution in [-0.4, -0.2) is 16.9 Å². The van der Waals surface area contributed by atoms with Gasteiger partial charge in [-0.3, -0.25) is 0 Å². The summed E-state index contributed by atoms with van der Waals surface area (Å²) in [5, 5.41) is 0.705. The number of hydrogen-bond donors (Lipinski definition) is 2. The second-order valence-electron chi connectivity index (χ2n) is 5.25. The molecule has 0 saturated heterocycles. The van der Waals surface area contributed by atoms with Crippen LogP contribution in [0.25, 0.3) is 10.9 Å². The minimum absolute atomic E-state index is 0.221. The van der Waals surface area contributed by atoms with Gasteiger partial charge in [0, 0.05) is 22.6 Å². The number of hydrogen-bond acceptors (Lipinski definition) is 2. The maximum atomic E-state index is 12.2. The molecule has 1 heterocycles. The summed E-state index contributed by atoms with van der Waals surface area (Å²) in [7, 11) is 0. The number of alkyl halides is 3. The van der Waals surface area contributed by atoms with Crippen molar-refractivity contribution in [3.8, 4) is 5.75 Å². The van der Waals surface area contributed by atoms with Crippen LogP contribution >= 0.6 is 0 Å². The Morgan fingerprint density at radius 3 is 2.60 bits per heavy atom. The molecule has 110 valence electrons. The zero-order valence-corrected chi connectivity index (χ0v) is 11.3. The van der Waals surface area contributed by atoms with Gasteiger partial charge in [-0.2, -0.15) is 0 Å². The Morgan fingerprint density at radius 1 is 1.30 bits per heavy atom. The fourth-order valence-corrected chi connectivity index (χ4v) is 2.06. The highest BCUT2D eigenvalue weighted by atomic mass is 19.4. The molecule has 1 aromatic heterocycles. The highest BCUT2D eigenvalue weighted by Gasteiger charge is 2.31. The first kappa shape index (κ1) is 14.7. The number of nitrogens with one attached hydrogen (secondary N) is 1. The molecule has 6 heteroatoms. The second kappa shape index (κ2) is 5.01. The number of ether oxygens (including phenoxy) is 1. The Balaban J connectivity index is 2.35. The summed E-state index contributed by atoms with van der Waals surface area (Å²) in [6.07, 6.45) is -1.55. The summed E-state index contributed by atoms with van der Waals surface area (Å²) in [5.74, 6) is -0.221. The first-order valence-corrected chi connectivity index (χ1v) is 6.35. The number of aromatic amines is 1. The first-order valence-electron chi connectivity index (χ1n) is 6.35. The number of halogens is 3. The topological polar surface area (TPSA) is 51.0 Å². The van der Waals surface area contributed by atoms with Crippen molar-refractivity contribution >= 4 is 10.9 Å². The second-order valence-corrected chi connectivity index (χ2v) is 5.25. The van der Waals surface area contributed by atoms with E-state index in [0.717, 1.165) is 17.5 Å². The number of rotatable bonds is 4. The molecule has 0 fully saturated rings. The van der Waals surface area contributed by atoms with Crippen molar-refractivity contribution in [1.29, 1.82) is 0 Å². The van der Waals surface area contributed by atoms with Crippen LogP contribution in [0.4, 0.5) is 13.2 Å².